The van der Waals surface area contributed by atoms with Crippen molar-refractivity contribution in [1.29, 1.82) is 0 Å². The SMILES string of the molecule is CCC(C)C(CC)CC(C)C(C)(C)C. The first-order valence-corrected chi connectivity index (χ1v) is 6.32. The molecule has 3 unspecified atom stereocenters. The average molecular weight is 198 g/mol. The number of hydrogen-bond donors (Lipinski definition) is 0. The second-order valence-corrected chi connectivity index (χ2v) is 6.06. The molecule has 0 heteroatoms. The van der Waals surface area contributed by atoms with Crippen LogP contribution in [0.1, 0.15) is 67.7 Å². The molecular formula is C14H30. The van der Waals surface area contributed by atoms with Crippen LogP contribution in [0, 0.1) is 23.2 Å². The van der Waals surface area contributed by atoms with Crippen molar-refractivity contribution >= 4 is 0 Å². The first-order valence-electron chi connectivity index (χ1n) is 6.32. The van der Waals surface area contributed by atoms with E-state index >= 15 is 0 Å². The molecule has 86 valence electrons. The van der Waals surface area contributed by atoms with E-state index in [0.717, 1.165) is 17.8 Å². The molecule has 0 fully saturated rings. The maximum atomic E-state index is 2.41. The van der Waals surface area contributed by atoms with E-state index in [1.807, 2.05) is 0 Å². The van der Waals surface area contributed by atoms with Gasteiger partial charge < -0.3 is 0 Å². The fourth-order valence-corrected chi connectivity index (χ4v) is 1.94. The van der Waals surface area contributed by atoms with E-state index in [1.165, 1.54) is 19.3 Å². The molecule has 0 N–H and O–H groups in total. The fraction of sp³-hybridized carbons (Fsp3) is 1.00. The van der Waals surface area contributed by atoms with E-state index in [-0.39, 0.29) is 0 Å². The van der Waals surface area contributed by atoms with Gasteiger partial charge in [0.2, 0.25) is 0 Å². The first-order chi connectivity index (χ1) is 6.32. The minimum Gasteiger partial charge on any atom is -0.0651 e. The molecule has 0 rings (SSSR count). The van der Waals surface area contributed by atoms with E-state index in [2.05, 4.69) is 48.5 Å². The van der Waals surface area contributed by atoms with Crippen LogP contribution in [-0.2, 0) is 0 Å². The smallest absolute Gasteiger partial charge is 0.0357 e. The normalized spacial score (nSPS) is 19.1. The van der Waals surface area contributed by atoms with Gasteiger partial charge in [-0.3, -0.25) is 0 Å². The Bertz CT molecular complexity index is 141. The summed E-state index contributed by atoms with van der Waals surface area (Å²) in [6, 6.07) is 0. The summed E-state index contributed by atoms with van der Waals surface area (Å²) in [6.45, 7) is 16.6. The Hall–Kier alpha value is 0. The Morgan fingerprint density at radius 2 is 1.43 bits per heavy atom. The Labute approximate surface area is 91.5 Å². The van der Waals surface area contributed by atoms with E-state index in [9.17, 15) is 0 Å². The lowest BCUT2D eigenvalue weighted by Gasteiger charge is -2.32. The van der Waals surface area contributed by atoms with Gasteiger partial charge in [0.1, 0.15) is 0 Å². The van der Waals surface area contributed by atoms with Crippen molar-refractivity contribution in [3.05, 3.63) is 0 Å². The molecule has 0 aliphatic rings. The maximum absolute atomic E-state index is 2.41. The van der Waals surface area contributed by atoms with Crippen molar-refractivity contribution in [2.24, 2.45) is 23.2 Å². The molecule has 0 nitrogen and oxygen atoms in total. The molecule has 0 saturated heterocycles. The van der Waals surface area contributed by atoms with Gasteiger partial charge in [0.15, 0.2) is 0 Å². The molecule has 0 aromatic heterocycles. The van der Waals surface area contributed by atoms with E-state index in [1.54, 1.807) is 0 Å². The topological polar surface area (TPSA) is 0 Å². The summed E-state index contributed by atoms with van der Waals surface area (Å²) >= 11 is 0. The minimum atomic E-state index is 0.473. The van der Waals surface area contributed by atoms with Gasteiger partial charge in [-0.05, 0) is 29.6 Å². The lowest BCUT2D eigenvalue weighted by molar-refractivity contribution is 0.181. The van der Waals surface area contributed by atoms with Crippen molar-refractivity contribution < 1.29 is 0 Å². The number of hydrogen-bond acceptors (Lipinski definition) is 0. The molecule has 0 saturated carbocycles. The molecule has 0 heterocycles. The molecule has 0 aromatic carbocycles. The Morgan fingerprint density at radius 3 is 1.71 bits per heavy atom. The van der Waals surface area contributed by atoms with Crippen LogP contribution < -0.4 is 0 Å². The lowest BCUT2D eigenvalue weighted by atomic mass is 9.73. The van der Waals surface area contributed by atoms with Gasteiger partial charge in [-0.25, -0.2) is 0 Å². The Morgan fingerprint density at radius 1 is 0.929 bits per heavy atom. The zero-order valence-corrected chi connectivity index (χ0v) is 11.4. The summed E-state index contributed by atoms with van der Waals surface area (Å²) in [5.41, 5.74) is 0.473. The predicted molar refractivity (Wildman–Crippen MR) is 66.5 cm³/mol. The first kappa shape index (κ1) is 14.0. The third-order valence-corrected chi connectivity index (χ3v) is 4.11. The molecular weight excluding hydrogens is 168 g/mol. The van der Waals surface area contributed by atoms with Gasteiger partial charge in [-0.1, -0.05) is 61.3 Å². The van der Waals surface area contributed by atoms with Crippen LogP contribution in [0.4, 0.5) is 0 Å². The summed E-state index contributed by atoms with van der Waals surface area (Å²) in [4.78, 5) is 0. The lowest BCUT2D eigenvalue weighted by Crippen LogP contribution is -2.23. The van der Waals surface area contributed by atoms with Crippen LogP contribution in [-0.4, -0.2) is 0 Å². The van der Waals surface area contributed by atoms with Crippen molar-refractivity contribution in [2.45, 2.75) is 67.7 Å². The summed E-state index contributed by atoms with van der Waals surface area (Å²) in [5, 5.41) is 0. The van der Waals surface area contributed by atoms with Crippen molar-refractivity contribution in [3.8, 4) is 0 Å². The van der Waals surface area contributed by atoms with Crippen LogP contribution in [0.3, 0.4) is 0 Å². The van der Waals surface area contributed by atoms with Crippen LogP contribution in [0.25, 0.3) is 0 Å². The van der Waals surface area contributed by atoms with Gasteiger partial charge in [0.25, 0.3) is 0 Å². The molecule has 3 atom stereocenters. The van der Waals surface area contributed by atoms with Gasteiger partial charge in [0.05, 0.1) is 0 Å². The molecule has 0 amide bonds. The van der Waals surface area contributed by atoms with Gasteiger partial charge in [-0.15, -0.1) is 0 Å². The van der Waals surface area contributed by atoms with Gasteiger partial charge in [-0.2, -0.15) is 0 Å². The highest BCUT2D eigenvalue weighted by Crippen LogP contribution is 2.34. The highest BCUT2D eigenvalue weighted by Gasteiger charge is 2.24. The largest absolute Gasteiger partial charge is 0.0651 e. The number of rotatable bonds is 5. The molecule has 0 spiro atoms. The van der Waals surface area contributed by atoms with Crippen LogP contribution in [0.5, 0.6) is 0 Å². The molecule has 0 aromatic rings. The predicted octanol–water partition coefficient (Wildman–Crippen LogP) is 5.13. The van der Waals surface area contributed by atoms with Crippen molar-refractivity contribution in [2.75, 3.05) is 0 Å². The zero-order valence-electron chi connectivity index (χ0n) is 11.4. The third kappa shape index (κ3) is 4.48. The molecule has 0 aliphatic heterocycles. The quantitative estimate of drug-likeness (QED) is 0.574. The highest BCUT2D eigenvalue weighted by atomic mass is 14.3. The summed E-state index contributed by atoms with van der Waals surface area (Å²) in [6.07, 6.45) is 4.07. The molecule has 14 heavy (non-hydrogen) atoms. The minimum absolute atomic E-state index is 0.473. The van der Waals surface area contributed by atoms with E-state index in [0.29, 0.717) is 5.41 Å². The van der Waals surface area contributed by atoms with Crippen molar-refractivity contribution in [1.82, 2.24) is 0 Å². The second-order valence-electron chi connectivity index (χ2n) is 6.06. The highest BCUT2D eigenvalue weighted by molar-refractivity contribution is 4.75. The second kappa shape index (κ2) is 5.78. The summed E-state index contributed by atoms with van der Waals surface area (Å²) < 4.78 is 0. The van der Waals surface area contributed by atoms with Crippen LogP contribution >= 0.6 is 0 Å². The summed E-state index contributed by atoms with van der Waals surface area (Å²) in [5.74, 6) is 2.65. The Kier molecular flexibility index (Phi) is 5.78. The summed E-state index contributed by atoms with van der Waals surface area (Å²) in [7, 11) is 0. The van der Waals surface area contributed by atoms with Gasteiger partial charge >= 0.3 is 0 Å². The van der Waals surface area contributed by atoms with E-state index in [4.69, 9.17) is 0 Å². The molecule has 0 radical (unpaired) electrons. The maximum Gasteiger partial charge on any atom is -0.0357 e. The van der Waals surface area contributed by atoms with Gasteiger partial charge in [0, 0.05) is 0 Å². The van der Waals surface area contributed by atoms with E-state index < -0.39 is 0 Å². The van der Waals surface area contributed by atoms with Crippen LogP contribution in [0.15, 0.2) is 0 Å². The van der Waals surface area contributed by atoms with Crippen LogP contribution in [0.2, 0.25) is 0 Å². The monoisotopic (exact) mass is 198 g/mol. The fourth-order valence-electron chi connectivity index (χ4n) is 1.94. The van der Waals surface area contributed by atoms with Crippen molar-refractivity contribution in [3.63, 3.8) is 0 Å². The third-order valence-electron chi connectivity index (χ3n) is 4.11. The standard InChI is InChI=1S/C14H30/c1-8-11(3)13(9-2)10-12(4)14(5,6)7/h11-13H,8-10H2,1-7H3. The molecule has 0 aliphatic carbocycles. The zero-order chi connectivity index (χ0) is 11.4. The molecule has 0 bridgehead atoms. The Balaban J connectivity index is 4.18. The average Bonchev–Trinajstić information content (AvgIpc) is 2.10.